The van der Waals surface area contributed by atoms with Crippen LogP contribution in [0, 0.1) is 11.3 Å². The zero-order chi connectivity index (χ0) is 9.57. The van der Waals surface area contributed by atoms with E-state index < -0.39 is 9.84 Å². The van der Waals surface area contributed by atoms with Crippen molar-refractivity contribution < 1.29 is 8.42 Å². The molecule has 1 aliphatic rings. The largest absolute Gasteiger partial charge is 0.225 e. The molecule has 0 radical (unpaired) electrons. The van der Waals surface area contributed by atoms with Crippen LogP contribution in [-0.4, -0.2) is 14.7 Å². The number of hydrogen-bond donors (Lipinski definition) is 0. The third kappa shape index (κ3) is 1.71. The molecule has 0 aromatic heterocycles. The average molecular weight is 188 g/mol. The SMILES string of the molecule is CC1CC(=CS(C)(=O)=O)C1(C)C. The van der Waals surface area contributed by atoms with Gasteiger partial charge in [0.1, 0.15) is 0 Å². The summed E-state index contributed by atoms with van der Waals surface area (Å²) in [6, 6.07) is 0. The van der Waals surface area contributed by atoms with Crippen LogP contribution in [0.4, 0.5) is 0 Å². The van der Waals surface area contributed by atoms with Crippen LogP contribution in [-0.2, 0) is 9.84 Å². The molecule has 0 heterocycles. The minimum atomic E-state index is -2.94. The standard InChI is InChI=1S/C9H16O2S/c1-7-5-8(9(7,2)3)6-12(4,10)11/h6-7H,5H2,1-4H3. The molecule has 2 nitrogen and oxygen atoms in total. The van der Waals surface area contributed by atoms with Crippen molar-refractivity contribution >= 4 is 9.84 Å². The fourth-order valence-electron chi connectivity index (χ4n) is 1.49. The number of allylic oxidation sites excluding steroid dienone is 1. The summed E-state index contributed by atoms with van der Waals surface area (Å²) in [7, 11) is -2.94. The fourth-order valence-corrected chi connectivity index (χ4v) is 2.41. The van der Waals surface area contributed by atoms with Gasteiger partial charge in [-0.05, 0) is 17.8 Å². The molecule has 12 heavy (non-hydrogen) atoms. The van der Waals surface area contributed by atoms with E-state index in [4.69, 9.17) is 0 Å². The Morgan fingerprint density at radius 3 is 2.25 bits per heavy atom. The van der Waals surface area contributed by atoms with Crippen LogP contribution in [0.3, 0.4) is 0 Å². The first-order chi connectivity index (χ1) is 5.23. The maximum absolute atomic E-state index is 11.0. The average Bonchev–Trinajstić information content (AvgIpc) is 1.84. The van der Waals surface area contributed by atoms with Crippen LogP contribution in [0.1, 0.15) is 27.2 Å². The van der Waals surface area contributed by atoms with Crippen molar-refractivity contribution in [2.24, 2.45) is 11.3 Å². The van der Waals surface area contributed by atoms with Crippen molar-refractivity contribution in [1.29, 1.82) is 0 Å². The van der Waals surface area contributed by atoms with Gasteiger partial charge < -0.3 is 0 Å². The topological polar surface area (TPSA) is 34.1 Å². The van der Waals surface area contributed by atoms with E-state index in [-0.39, 0.29) is 5.41 Å². The Morgan fingerprint density at radius 1 is 1.50 bits per heavy atom. The lowest BCUT2D eigenvalue weighted by atomic mass is 9.60. The minimum absolute atomic E-state index is 0.0864. The molecule has 0 aromatic rings. The van der Waals surface area contributed by atoms with E-state index >= 15 is 0 Å². The van der Waals surface area contributed by atoms with Gasteiger partial charge >= 0.3 is 0 Å². The van der Waals surface area contributed by atoms with Crippen LogP contribution < -0.4 is 0 Å². The Hall–Kier alpha value is -0.310. The lowest BCUT2D eigenvalue weighted by molar-refractivity contribution is 0.187. The van der Waals surface area contributed by atoms with E-state index in [0.717, 1.165) is 12.0 Å². The van der Waals surface area contributed by atoms with Crippen molar-refractivity contribution in [3.63, 3.8) is 0 Å². The highest BCUT2D eigenvalue weighted by molar-refractivity contribution is 7.93. The Kier molecular flexibility index (Phi) is 2.11. The van der Waals surface area contributed by atoms with Crippen molar-refractivity contribution in [2.75, 3.05) is 6.26 Å². The van der Waals surface area contributed by atoms with Gasteiger partial charge in [0.25, 0.3) is 0 Å². The first-order valence-corrected chi connectivity index (χ1v) is 6.10. The van der Waals surface area contributed by atoms with Gasteiger partial charge in [-0.1, -0.05) is 26.3 Å². The van der Waals surface area contributed by atoms with Crippen LogP contribution in [0.5, 0.6) is 0 Å². The second kappa shape index (κ2) is 2.59. The van der Waals surface area contributed by atoms with E-state index in [0.29, 0.717) is 5.92 Å². The summed E-state index contributed by atoms with van der Waals surface area (Å²) in [5.74, 6) is 0.602. The fraction of sp³-hybridized carbons (Fsp3) is 0.778. The summed E-state index contributed by atoms with van der Waals surface area (Å²) in [4.78, 5) is 0. The Morgan fingerprint density at radius 2 is 2.00 bits per heavy atom. The lowest BCUT2D eigenvalue weighted by Gasteiger charge is -2.45. The van der Waals surface area contributed by atoms with Crippen LogP contribution in [0.2, 0.25) is 0 Å². The molecule has 0 amide bonds. The van der Waals surface area contributed by atoms with Gasteiger partial charge in [0.15, 0.2) is 9.84 Å². The van der Waals surface area contributed by atoms with E-state index in [1.165, 1.54) is 11.7 Å². The molecule has 0 spiro atoms. The monoisotopic (exact) mass is 188 g/mol. The number of hydrogen-bond acceptors (Lipinski definition) is 2. The van der Waals surface area contributed by atoms with Crippen molar-refractivity contribution in [2.45, 2.75) is 27.2 Å². The van der Waals surface area contributed by atoms with Crippen LogP contribution >= 0.6 is 0 Å². The zero-order valence-electron chi connectivity index (χ0n) is 8.09. The predicted molar refractivity (Wildman–Crippen MR) is 50.5 cm³/mol. The van der Waals surface area contributed by atoms with Crippen molar-refractivity contribution in [3.8, 4) is 0 Å². The van der Waals surface area contributed by atoms with Crippen LogP contribution in [0.25, 0.3) is 0 Å². The predicted octanol–water partition coefficient (Wildman–Crippen LogP) is 1.98. The minimum Gasteiger partial charge on any atom is -0.225 e. The van der Waals surface area contributed by atoms with E-state index in [9.17, 15) is 8.42 Å². The normalized spacial score (nSPS) is 31.7. The molecule has 0 N–H and O–H groups in total. The van der Waals surface area contributed by atoms with Gasteiger partial charge in [-0.2, -0.15) is 0 Å². The van der Waals surface area contributed by atoms with Gasteiger partial charge in [0.05, 0.1) is 0 Å². The molecule has 1 aliphatic carbocycles. The maximum atomic E-state index is 11.0. The Bertz CT molecular complexity index is 309. The third-order valence-corrected chi connectivity index (χ3v) is 3.65. The zero-order valence-corrected chi connectivity index (χ0v) is 8.90. The molecular weight excluding hydrogens is 172 g/mol. The molecule has 70 valence electrons. The summed E-state index contributed by atoms with van der Waals surface area (Å²) in [6.07, 6.45) is 2.18. The highest BCUT2D eigenvalue weighted by Crippen LogP contribution is 2.50. The van der Waals surface area contributed by atoms with Crippen LogP contribution in [0.15, 0.2) is 11.0 Å². The molecule has 0 bridgehead atoms. The van der Waals surface area contributed by atoms with Gasteiger partial charge in [-0.3, -0.25) is 0 Å². The first-order valence-electron chi connectivity index (χ1n) is 4.14. The van der Waals surface area contributed by atoms with Gasteiger partial charge in [-0.15, -0.1) is 0 Å². The van der Waals surface area contributed by atoms with Gasteiger partial charge in [-0.25, -0.2) is 8.42 Å². The van der Waals surface area contributed by atoms with Crippen molar-refractivity contribution in [1.82, 2.24) is 0 Å². The second-order valence-corrected chi connectivity index (χ2v) is 6.19. The molecule has 0 aliphatic heterocycles. The maximum Gasteiger partial charge on any atom is 0.168 e. The quantitative estimate of drug-likeness (QED) is 0.630. The summed E-state index contributed by atoms with van der Waals surface area (Å²) < 4.78 is 21.9. The molecule has 1 rings (SSSR count). The molecule has 1 unspecified atom stereocenters. The molecule has 0 aromatic carbocycles. The molecule has 3 heteroatoms. The lowest BCUT2D eigenvalue weighted by Crippen LogP contribution is -2.35. The summed E-state index contributed by atoms with van der Waals surface area (Å²) >= 11 is 0. The van der Waals surface area contributed by atoms with E-state index in [1.807, 2.05) is 0 Å². The first kappa shape index (κ1) is 9.78. The van der Waals surface area contributed by atoms with E-state index in [1.54, 1.807) is 0 Å². The summed E-state index contributed by atoms with van der Waals surface area (Å²) in [5, 5.41) is 1.42. The van der Waals surface area contributed by atoms with Gasteiger partial charge in [0, 0.05) is 11.7 Å². The highest BCUT2D eigenvalue weighted by atomic mass is 32.2. The Balaban J connectivity index is 2.90. The molecule has 0 saturated heterocycles. The number of rotatable bonds is 1. The van der Waals surface area contributed by atoms with Gasteiger partial charge in [0.2, 0.25) is 0 Å². The molecule has 1 atom stereocenters. The Labute approximate surface area is 74.6 Å². The van der Waals surface area contributed by atoms with Crippen molar-refractivity contribution in [3.05, 3.63) is 11.0 Å². The smallest absolute Gasteiger partial charge is 0.168 e. The summed E-state index contributed by atoms with van der Waals surface area (Å²) in [6.45, 7) is 6.34. The molecular formula is C9H16O2S. The highest BCUT2D eigenvalue weighted by Gasteiger charge is 2.40. The second-order valence-electron chi connectivity index (χ2n) is 4.30. The summed E-state index contributed by atoms with van der Waals surface area (Å²) in [5.41, 5.74) is 1.15. The number of sulfone groups is 1. The molecule has 1 fully saturated rings. The van der Waals surface area contributed by atoms with E-state index in [2.05, 4.69) is 20.8 Å². The molecule has 1 saturated carbocycles. The third-order valence-electron chi connectivity index (χ3n) is 2.94.